The summed E-state index contributed by atoms with van der Waals surface area (Å²) >= 11 is 0. The van der Waals surface area contributed by atoms with E-state index in [1.165, 1.54) is 24.3 Å². The van der Waals surface area contributed by atoms with Gasteiger partial charge >= 0.3 is 0 Å². The highest BCUT2D eigenvalue weighted by Gasteiger charge is 2.27. The monoisotopic (exact) mass is 469 g/mol. The van der Waals surface area contributed by atoms with Crippen molar-refractivity contribution >= 4 is 23.3 Å². The maximum atomic E-state index is 13.0. The Morgan fingerprint density at radius 2 is 1.79 bits per heavy atom. The molecule has 2 heterocycles. The summed E-state index contributed by atoms with van der Waals surface area (Å²) in [5.74, 6) is 0.111. The number of anilines is 1. The summed E-state index contributed by atoms with van der Waals surface area (Å²) in [6, 6.07) is 10.3. The number of hydrogen-bond acceptors (Lipinski definition) is 6. The summed E-state index contributed by atoms with van der Waals surface area (Å²) in [6.07, 6.45) is 0.871. The smallest absolute Gasteiger partial charge is 0.265 e. The molecule has 34 heavy (non-hydrogen) atoms. The third-order valence-corrected chi connectivity index (χ3v) is 6.04. The molecule has 0 spiro atoms. The molecule has 2 aromatic carbocycles. The number of carbonyl (C=O) groups is 3. The van der Waals surface area contributed by atoms with Gasteiger partial charge in [-0.25, -0.2) is 4.39 Å². The lowest BCUT2D eigenvalue weighted by Crippen LogP contribution is -2.47. The van der Waals surface area contributed by atoms with Gasteiger partial charge in [0.2, 0.25) is 5.91 Å². The van der Waals surface area contributed by atoms with Crippen LogP contribution in [0.3, 0.4) is 0 Å². The first-order valence-corrected chi connectivity index (χ1v) is 11.4. The second-order valence-electron chi connectivity index (χ2n) is 8.47. The number of halogens is 1. The Hall–Kier alpha value is -3.46. The number of benzene rings is 2. The van der Waals surface area contributed by atoms with Gasteiger partial charge in [0, 0.05) is 44.7 Å². The molecule has 1 saturated heterocycles. The minimum atomic E-state index is -0.386. The molecule has 9 heteroatoms. The number of fused-ring (bicyclic) bond motifs is 1. The number of amides is 2. The van der Waals surface area contributed by atoms with Gasteiger partial charge in [-0.3, -0.25) is 14.4 Å². The van der Waals surface area contributed by atoms with E-state index in [1.807, 2.05) is 11.9 Å². The molecule has 0 saturated carbocycles. The van der Waals surface area contributed by atoms with Gasteiger partial charge in [0.25, 0.3) is 5.91 Å². The van der Waals surface area contributed by atoms with Crippen LogP contribution in [-0.2, 0) is 9.59 Å². The van der Waals surface area contributed by atoms with Gasteiger partial charge < -0.3 is 24.2 Å². The molecule has 0 radical (unpaired) electrons. The number of carbonyl (C=O) groups excluding carboxylic acids is 3. The minimum Gasteiger partial charge on any atom is -0.485 e. The number of piperazine rings is 1. The maximum Gasteiger partial charge on any atom is 0.265 e. The van der Waals surface area contributed by atoms with E-state index in [4.69, 9.17) is 9.47 Å². The molecule has 8 nitrogen and oxygen atoms in total. The molecular formula is C25H28FN3O5. The van der Waals surface area contributed by atoms with Crippen LogP contribution in [0, 0.1) is 5.82 Å². The molecular weight excluding hydrogens is 441 g/mol. The molecule has 1 fully saturated rings. The zero-order chi connectivity index (χ0) is 24.1. The van der Waals surface area contributed by atoms with Crippen molar-refractivity contribution in [2.24, 2.45) is 0 Å². The predicted octanol–water partition coefficient (Wildman–Crippen LogP) is 2.37. The predicted molar refractivity (Wildman–Crippen MR) is 124 cm³/mol. The number of ketones is 1. The Bertz CT molecular complexity index is 1050. The third kappa shape index (κ3) is 5.72. The van der Waals surface area contributed by atoms with Crippen LogP contribution >= 0.6 is 0 Å². The Kier molecular flexibility index (Phi) is 7.42. The summed E-state index contributed by atoms with van der Waals surface area (Å²) in [7, 11) is 2.04. The highest BCUT2D eigenvalue weighted by atomic mass is 19.1. The number of ether oxygens (including phenoxy) is 2. The molecule has 0 aliphatic carbocycles. The number of rotatable bonds is 8. The van der Waals surface area contributed by atoms with Gasteiger partial charge in [-0.05, 0) is 55.9 Å². The first-order valence-electron chi connectivity index (χ1n) is 11.4. The SMILES string of the molecule is CN1CCN(C(=O)CCCN2C(=O)COc3ccc(C(=O)COc4ccc(F)cc4)cc32)CC1. The van der Waals surface area contributed by atoms with Gasteiger partial charge in [0.1, 0.15) is 17.3 Å². The maximum absolute atomic E-state index is 13.0. The van der Waals surface area contributed by atoms with Gasteiger partial charge in [-0.1, -0.05) is 0 Å². The summed E-state index contributed by atoms with van der Waals surface area (Å²) in [6.45, 7) is 3.23. The lowest BCUT2D eigenvalue weighted by molar-refractivity contribution is -0.133. The van der Waals surface area contributed by atoms with Gasteiger partial charge in [0.05, 0.1) is 5.69 Å². The molecule has 0 unspecified atom stereocenters. The van der Waals surface area contributed by atoms with Crippen LogP contribution in [0.5, 0.6) is 11.5 Å². The van der Waals surface area contributed by atoms with Crippen molar-refractivity contribution in [3.63, 3.8) is 0 Å². The largest absolute Gasteiger partial charge is 0.485 e. The second-order valence-corrected chi connectivity index (χ2v) is 8.47. The fraction of sp³-hybridized carbons (Fsp3) is 0.400. The Morgan fingerprint density at radius 1 is 1.06 bits per heavy atom. The van der Waals surface area contributed by atoms with E-state index >= 15 is 0 Å². The van der Waals surface area contributed by atoms with Crippen LogP contribution in [0.2, 0.25) is 0 Å². The van der Waals surface area contributed by atoms with Crippen molar-refractivity contribution in [3.8, 4) is 11.5 Å². The average Bonchev–Trinajstić information content (AvgIpc) is 2.85. The zero-order valence-corrected chi connectivity index (χ0v) is 19.2. The standard InChI is InChI=1S/C25H28FN3O5/c1-27-11-13-28(14-12-27)24(31)3-2-10-29-21-15-18(4-9-23(21)34-17-25(29)32)22(30)16-33-20-7-5-19(26)6-8-20/h4-9,15H,2-3,10-14,16-17H2,1H3. The average molecular weight is 470 g/mol. The van der Waals surface area contributed by atoms with Crippen molar-refractivity contribution in [1.29, 1.82) is 0 Å². The van der Waals surface area contributed by atoms with Gasteiger partial charge in [-0.15, -0.1) is 0 Å². The van der Waals surface area contributed by atoms with Crippen LogP contribution in [0.4, 0.5) is 10.1 Å². The molecule has 0 N–H and O–H groups in total. The summed E-state index contributed by atoms with van der Waals surface area (Å²) in [4.78, 5) is 43.4. The van der Waals surface area contributed by atoms with Crippen LogP contribution < -0.4 is 14.4 Å². The minimum absolute atomic E-state index is 0.0830. The highest BCUT2D eigenvalue weighted by Crippen LogP contribution is 2.33. The number of likely N-dealkylation sites (N-methyl/N-ethyl adjacent to an activating group) is 1. The summed E-state index contributed by atoms with van der Waals surface area (Å²) < 4.78 is 24.0. The Labute approximate surface area is 197 Å². The third-order valence-electron chi connectivity index (χ3n) is 6.04. The quantitative estimate of drug-likeness (QED) is 0.553. The molecule has 2 aliphatic heterocycles. The van der Waals surface area contributed by atoms with Crippen molar-refractivity contribution in [1.82, 2.24) is 9.80 Å². The van der Waals surface area contributed by atoms with Crippen LogP contribution in [0.15, 0.2) is 42.5 Å². The summed E-state index contributed by atoms with van der Waals surface area (Å²) in [5.41, 5.74) is 0.883. The fourth-order valence-corrected chi connectivity index (χ4v) is 3.99. The normalized spacial score (nSPS) is 16.1. The highest BCUT2D eigenvalue weighted by molar-refractivity contribution is 6.02. The zero-order valence-electron chi connectivity index (χ0n) is 19.2. The van der Waals surface area contributed by atoms with E-state index in [-0.39, 0.29) is 36.6 Å². The van der Waals surface area contributed by atoms with E-state index in [2.05, 4.69) is 4.90 Å². The van der Waals surface area contributed by atoms with Crippen molar-refractivity contribution in [2.45, 2.75) is 12.8 Å². The molecule has 0 bridgehead atoms. The van der Waals surface area contributed by atoms with E-state index in [0.717, 1.165) is 26.2 Å². The molecule has 0 atom stereocenters. The summed E-state index contributed by atoms with van der Waals surface area (Å²) in [5, 5.41) is 0. The van der Waals surface area contributed by atoms with E-state index in [0.29, 0.717) is 42.1 Å². The van der Waals surface area contributed by atoms with E-state index in [1.54, 1.807) is 23.1 Å². The van der Waals surface area contributed by atoms with Gasteiger partial charge in [-0.2, -0.15) is 0 Å². The molecule has 0 aromatic heterocycles. The Morgan fingerprint density at radius 3 is 2.53 bits per heavy atom. The van der Waals surface area contributed by atoms with E-state index < -0.39 is 0 Å². The van der Waals surface area contributed by atoms with Crippen molar-refractivity contribution in [3.05, 3.63) is 53.8 Å². The first kappa shape index (κ1) is 23.7. The number of nitrogens with zero attached hydrogens (tertiary/aromatic N) is 3. The van der Waals surface area contributed by atoms with Gasteiger partial charge in [0.15, 0.2) is 19.0 Å². The Balaban J connectivity index is 1.37. The molecule has 4 rings (SSSR count). The molecule has 2 aromatic rings. The molecule has 2 amide bonds. The first-order chi connectivity index (χ1) is 16.4. The van der Waals surface area contributed by atoms with Crippen molar-refractivity contribution in [2.75, 3.05) is 57.9 Å². The van der Waals surface area contributed by atoms with Crippen molar-refractivity contribution < 1.29 is 28.2 Å². The molecule has 180 valence electrons. The van der Waals surface area contributed by atoms with E-state index in [9.17, 15) is 18.8 Å². The fourth-order valence-electron chi connectivity index (χ4n) is 3.99. The van der Waals surface area contributed by atoms with Crippen LogP contribution in [-0.4, -0.2) is 80.4 Å². The topological polar surface area (TPSA) is 79.4 Å². The van der Waals surface area contributed by atoms with Crippen LogP contribution in [0.25, 0.3) is 0 Å². The lowest BCUT2D eigenvalue weighted by Gasteiger charge is -2.33. The molecule has 2 aliphatic rings. The number of hydrogen-bond donors (Lipinski definition) is 0. The van der Waals surface area contributed by atoms with Crippen LogP contribution in [0.1, 0.15) is 23.2 Å². The second kappa shape index (κ2) is 10.6. The lowest BCUT2D eigenvalue weighted by atomic mass is 10.1. The number of Topliss-reactive ketones (excluding diaryl/α,β-unsaturated/α-hetero) is 1.